The maximum Gasteiger partial charge on any atom is 0.161 e. The highest BCUT2D eigenvalue weighted by Crippen LogP contribution is 2.32. The summed E-state index contributed by atoms with van der Waals surface area (Å²) in [5.41, 5.74) is 0.801. The molecule has 1 aromatic heterocycles. The van der Waals surface area contributed by atoms with Gasteiger partial charge in [-0.2, -0.15) is 5.10 Å². The quantitative estimate of drug-likeness (QED) is 0.889. The van der Waals surface area contributed by atoms with Gasteiger partial charge in [-0.15, -0.1) is 0 Å². The minimum Gasteiger partial charge on any atom is -0.486 e. The Kier molecular flexibility index (Phi) is 2.90. The predicted octanol–water partition coefficient (Wildman–Crippen LogP) is 1.39. The van der Waals surface area contributed by atoms with Crippen LogP contribution in [0.5, 0.6) is 11.5 Å². The second kappa shape index (κ2) is 4.70. The van der Waals surface area contributed by atoms with Gasteiger partial charge >= 0.3 is 0 Å². The first-order valence-corrected chi connectivity index (χ1v) is 5.88. The molecule has 1 N–H and O–H groups in total. The van der Waals surface area contributed by atoms with Gasteiger partial charge in [0.05, 0.1) is 12.6 Å². The van der Waals surface area contributed by atoms with Crippen molar-refractivity contribution in [3.8, 4) is 11.5 Å². The van der Waals surface area contributed by atoms with E-state index in [-0.39, 0.29) is 0 Å². The molecule has 94 valence electrons. The zero-order valence-electron chi connectivity index (χ0n) is 9.82. The Morgan fingerprint density at radius 2 is 2.11 bits per heavy atom. The largest absolute Gasteiger partial charge is 0.486 e. The summed E-state index contributed by atoms with van der Waals surface area (Å²) in [6.45, 7) is 1.54. The van der Waals surface area contributed by atoms with E-state index in [0.29, 0.717) is 25.5 Å². The molecule has 0 spiro atoms. The monoisotopic (exact) mass is 246 g/mol. The van der Waals surface area contributed by atoms with Gasteiger partial charge in [0.1, 0.15) is 13.2 Å². The Bertz CT molecular complexity index is 525. The van der Waals surface area contributed by atoms with Crippen LogP contribution in [0.25, 0.3) is 0 Å². The second-order valence-electron chi connectivity index (χ2n) is 4.15. The molecule has 0 saturated carbocycles. The van der Waals surface area contributed by atoms with E-state index in [1.807, 2.05) is 30.5 Å². The molecule has 0 fully saturated rings. The average molecular weight is 246 g/mol. The highest BCUT2D eigenvalue weighted by molar-refractivity contribution is 5.44. The smallest absolute Gasteiger partial charge is 0.161 e. The van der Waals surface area contributed by atoms with Crippen molar-refractivity contribution in [2.75, 3.05) is 13.2 Å². The third kappa shape index (κ3) is 2.17. The number of aromatic nitrogens is 2. The van der Waals surface area contributed by atoms with Gasteiger partial charge in [-0.3, -0.25) is 4.68 Å². The number of benzene rings is 1. The van der Waals surface area contributed by atoms with Gasteiger partial charge < -0.3 is 14.6 Å². The lowest BCUT2D eigenvalue weighted by atomic mass is 10.1. The summed E-state index contributed by atoms with van der Waals surface area (Å²) in [5, 5.41) is 14.2. The van der Waals surface area contributed by atoms with Crippen molar-refractivity contribution in [3.05, 3.63) is 42.2 Å². The van der Waals surface area contributed by atoms with E-state index < -0.39 is 6.10 Å². The van der Waals surface area contributed by atoms with Crippen molar-refractivity contribution in [1.82, 2.24) is 9.78 Å². The highest BCUT2D eigenvalue weighted by Gasteiger charge is 2.15. The number of hydrogen-bond acceptors (Lipinski definition) is 4. The molecule has 1 aromatic carbocycles. The van der Waals surface area contributed by atoms with Crippen LogP contribution in [0.4, 0.5) is 0 Å². The summed E-state index contributed by atoms with van der Waals surface area (Å²) in [6.07, 6.45) is 2.90. The number of aliphatic hydroxyl groups excluding tert-OH is 1. The Balaban J connectivity index is 1.79. The first-order chi connectivity index (χ1) is 8.83. The first kappa shape index (κ1) is 11.1. The minimum absolute atomic E-state index is 0.423. The Hall–Kier alpha value is -2.01. The van der Waals surface area contributed by atoms with Gasteiger partial charge in [0.2, 0.25) is 0 Å². The molecule has 18 heavy (non-hydrogen) atoms. The van der Waals surface area contributed by atoms with Crippen molar-refractivity contribution < 1.29 is 14.6 Å². The SMILES string of the molecule is O[C@@H](Cn1cccn1)c1ccc2c(c1)OCCO2. The van der Waals surface area contributed by atoms with Crippen molar-refractivity contribution in [2.24, 2.45) is 0 Å². The fraction of sp³-hybridized carbons (Fsp3) is 0.308. The van der Waals surface area contributed by atoms with E-state index in [1.165, 1.54) is 0 Å². The normalized spacial score (nSPS) is 15.4. The molecule has 0 saturated heterocycles. The van der Waals surface area contributed by atoms with Crippen molar-refractivity contribution in [1.29, 1.82) is 0 Å². The topological polar surface area (TPSA) is 56.5 Å². The molecule has 0 amide bonds. The van der Waals surface area contributed by atoms with Crippen LogP contribution in [-0.4, -0.2) is 28.1 Å². The van der Waals surface area contributed by atoms with E-state index in [1.54, 1.807) is 10.9 Å². The molecule has 5 heteroatoms. The van der Waals surface area contributed by atoms with E-state index in [2.05, 4.69) is 5.10 Å². The molecule has 1 atom stereocenters. The molecule has 3 rings (SSSR count). The van der Waals surface area contributed by atoms with Crippen LogP contribution in [0.15, 0.2) is 36.7 Å². The zero-order chi connectivity index (χ0) is 12.4. The Morgan fingerprint density at radius 3 is 2.89 bits per heavy atom. The lowest BCUT2D eigenvalue weighted by Crippen LogP contribution is -2.16. The Morgan fingerprint density at radius 1 is 1.28 bits per heavy atom. The maximum absolute atomic E-state index is 10.1. The summed E-state index contributed by atoms with van der Waals surface area (Å²) in [7, 11) is 0. The highest BCUT2D eigenvalue weighted by atomic mass is 16.6. The van der Waals surface area contributed by atoms with Gasteiger partial charge in [0, 0.05) is 12.4 Å². The summed E-state index contributed by atoms with van der Waals surface area (Å²) in [6, 6.07) is 7.33. The minimum atomic E-state index is -0.610. The molecular weight excluding hydrogens is 232 g/mol. The van der Waals surface area contributed by atoms with Crippen molar-refractivity contribution >= 4 is 0 Å². The summed E-state index contributed by atoms with van der Waals surface area (Å²) in [5.74, 6) is 1.43. The Labute approximate surface area is 105 Å². The molecule has 2 heterocycles. The fourth-order valence-corrected chi connectivity index (χ4v) is 1.96. The maximum atomic E-state index is 10.1. The van der Waals surface area contributed by atoms with Crippen molar-refractivity contribution in [3.63, 3.8) is 0 Å². The average Bonchev–Trinajstić information content (AvgIpc) is 2.91. The number of aliphatic hydroxyl groups is 1. The van der Waals surface area contributed by atoms with Crippen LogP contribution in [0.2, 0.25) is 0 Å². The van der Waals surface area contributed by atoms with Crippen LogP contribution in [0, 0.1) is 0 Å². The van der Waals surface area contributed by atoms with Crippen LogP contribution in [0.1, 0.15) is 11.7 Å². The molecule has 0 bridgehead atoms. The van der Waals surface area contributed by atoms with E-state index >= 15 is 0 Å². The summed E-state index contributed by atoms with van der Waals surface area (Å²) in [4.78, 5) is 0. The van der Waals surface area contributed by atoms with Gasteiger partial charge in [0.25, 0.3) is 0 Å². The number of ether oxygens (including phenoxy) is 2. The zero-order valence-corrected chi connectivity index (χ0v) is 9.82. The molecule has 1 aliphatic heterocycles. The van der Waals surface area contributed by atoms with Crippen LogP contribution in [-0.2, 0) is 6.54 Å². The molecule has 2 aromatic rings. The molecular formula is C13H14N2O3. The van der Waals surface area contributed by atoms with Crippen LogP contribution < -0.4 is 9.47 Å². The lowest BCUT2D eigenvalue weighted by molar-refractivity contribution is 0.147. The number of rotatable bonds is 3. The number of fused-ring (bicyclic) bond motifs is 1. The lowest BCUT2D eigenvalue weighted by Gasteiger charge is -2.20. The van der Waals surface area contributed by atoms with Crippen molar-refractivity contribution in [2.45, 2.75) is 12.6 Å². The summed E-state index contributed by atoms with van der Waals surface area (Å²) >= 11 is 0. The van der Waals surface area contributed by atoms with E-state index in [4.69, 9.17) is 9.47 Å². The third-order valence-corrected chi connectivity index (χ3v) is 2.87. The van der Waals surface area contributed by atoms with Gasteiger partial charge in [-0.05, 0) is 23.8 Å². The van der Waals surface area contributed by atoms with Crippen LogP contribution >= 0.6 is 0 Å². The summed E-state index contributed by atoms with van der Waals surface area (Å²) < 4.78 is 12.6. The molecule has 1 aliphatic rings. The van der Waals surface area contributed by atoms with Gasteiger partial charge in [-0.25, -0.2) is 0 Å². The second-order valence-corrected chi connectivity index (χ2v) is 4.15. The van der Waals surface area contributed by atoms with E-state index in [0.717, 1.165) is 11.3 Å². The molecule has 0 aliphatic carbocycles. The number of nitrogens with zero attached hydrogens (tertiary/aromatic N) is 2. The number of hydrogen-bond donors (Lipinski definition) is 1. The third-order valence-electron chi connectivity index (χ3n) is 2.87. The van der Waals surface area contributed by atoms with Crippen LogP contribution in [0.3, 0.4) is 0 Å². The van der Waals surface area contributed by atoms with Gasteiger partial charge in [-0.1, -0.05) is 6.07 Å². The molecule has 0 radical (unpaired) electrons. The molecule has 5 nitrogen and oxygen atoms in total. The first-order valence-electron chi connectivity index (χ1n) is 5.88. The van der Waals surface area contributed by atoms with E-state index in [9.17, 15) is 5.11 Å². The molecule has 0 unspecified atom stereocenters. The standard InChI is InChI=1S/C13H14N2O3/c16-11(9-15-5-1-4-14-15)10-2-3-12-13(8-10)18-7-6-17-12/h1-5,8,11,16H,6-7,9H2/t11-/m0/s1. The predicted molar refractivity (Wildman–Crippen MR) is 64.6 cm³/mol. The van der Waals surface area contributed by atoms with Gasteiger partial charge in [0.15, 0.2) is 11.5 Å². The fourth-order valence-electron chi connectivity index (χ4n) is 1.96.